The molecule has 0 saturated heterocycles. The maximum absolute atomic E-state index is 13.7. The van der Waals surface area contributed by atoms with E-state index in [9.17, 15) is 4.39 Å². The lowest BCUT2D eigenvalue weighted by Gasteiger charge is -2.20. The Labute approximate surface area is 117 Å². The number of aliphatic hydroxyl groups is 1. The monoisotopic (exact) mass is 317 g/mol. The summed E-state index contributed by atoms with van der Waals surface area (Å²) in [6, 6.07) is 5.11. The molecule has 0 aliphatic heterocycles. The van der Waals surface area contributed by atoms with Gasteiger partial charge >= 0.3 is 0 Å². The topological polar surface area (TPSA) is 32.3 Å². The van der Waals surface area contributed by atoms with Crippen molar-refractivity contribution < 1.29 is 9.50 Å². The van der Waals surface area contributed by atoms with Crippen molar-refractivity contribution in [1.29, 1.82) is 0 Å². The van der Waals surface area contributed by atoms with Crippen LogP contribution in [-0.2, 0) is 0 Å². The molecule has 0 radical (unpaired) electrons. The smallest absolute Gasteiger partial charge is 0.129 e. The second-order valence-corrected chi connectivity index (χ2v) is 5.50. The normalized spacial score (nSPS) is 14.5. The highest BCUT2D eigenvalue weighted by Gasteiger charge is 2.13. The summed E-state index contributed by atoms with van der Waals surface area (Å²) in [6.07, 6.45) is 1.81. The zero-order valence-electron chi connectivity index (χ0n) is 10.9. The van der Waals surface area contributed by atoms with Crippen molar-refractivity contribution in [3.05, 3.63) is 34.1 Å². The quantitative estimate of drug-likeness (QED) is 0.804. The van der Waals surface area contributed by atoms with E-state index in [0.717, 1.165) is 23.9 Å². The second kappa shape index (κ2) is 7.87. The molecule has 2 N–H and O–H groups in total. The first-order valence-electron chi connectivity index (χ1n) is 6.37. The largest absolute Gasteiger partial charge is 0.396 e. The lowest BCUT2D eigenvalue weighted by Crippen LogP contribution is -2.26. The van der Waals surface area contributed by atoms with Gasteiger partial charge in [-0.15, -0.1) is 0 Å². The van der Waals surface area contributed by atoms with Crippen molar-refractivity contribution in [2.45, 2.75) is 32.7 Å². The summed E-state index contributed by atoms with van der Waals surface area (Å²) in [6.45, 7) is 5.07. The Morgan fingerprint density at radius 3 is 2.72 bits per heavy atom. The van der Waals surface area contributed by atoms with Gasteiger partial charge in [-0.05, 0) is 37.9 Å². The zero-order chi connectivity index (χ0) is 13.5. The van der Waals surface area contributed by atoms with Crippen molar-refractivity contribution in [3.63, 3.8) is 0 Å². The third-order valence-electron chi connectivity index (χ3n) is 3.26. The molecule has 2 nitrogen and oxygen atoms in total. The highest BCUT2D eigenvalue weighted by Crippen LogP contribution is 2.21. The Morgan fingerprint density at radius 2 is 2.17 bits per heavy atom. The summed E-state index contributed by atoms with van der Waals surface area (Å²) in [4.78, 5) is 0. The van der Waals surface area contributed by atoms with Crippen LogP contribution in [0.2, 0.25) is 0 Å². The number of benzene rings is 1. The SMILES string of the molecule is CCC(CCO)CNC(C)c1ccc(Br)cc1F. The molecule has 0 aromatic heterocycles. The van der Waals surface area contributed by atoms with E-state index in [1.165, 1.54) is 6.07 Å². The van der Waals surface area contributed by atoms with Gasteiger partial charge in [0.1, 0.15) is 5.82 Å². The minimum Gasteiger partial charge on any atom is -0.396 e. The molecule has 0 fully saturated rings. The second-order valence-electron chi connectivity index (χ2n) is 4.58. The molecule has 0 aliphatic carbocycles. The van der Waals surface area contributed by atoms with E-state index in [2.05, 4.69) is 28.2 Å². The van der Waals surface area contributed by atoms with Crippen LogP contribution in [0.3, 0.4) is 0 Å². The van der Waals surface area contributed by atoms with Gasteiger partial charge in [0.25, 0.3) is 0 Å². The molecule has 0 aliphatic rings. The average molecular weight is 318 g/mol. The number of rotatable bonds is 7. The van der Waals surface area contributed by atoms with E-state index in [-0.39, 0.29) is 18.5 Å². The first kappa shape index (κ1) is 15.6. The minimum absolute atomic E-state index is 0.0224. The molecule has 0 amide bonds. The van der Waals surface area contributed by atoms with E-state index < -0.39 is 0 Å². The van der Waals surface area contributed by atoms with Crippen LogP contribution in [0.1, 0.15) is 38.3 Å². The summed E-state index contributed by atoms with van der Waals surface area (Å²) < 4.78 is 14.5. The number of hydrogen-bond acceptors (Lipinski definition) is 2. The van der Waals surface area contributed by atoms with Gasteiger partial charge in [-0.2, -0.15) is 0 Å². The summed E-state index contributed by atoms with van der Waals surface area (Å²) in [5, 5.41) is 12.3. The molecule has 2 atom stereocenters. The summed E-state index contributed by atoms with van der Waals surface area (Å²) >= 11 is 3.25. The van der Waals surface area contributed by atoms with Crippen molar-refractivity contribution in [1.82, 2.24) is 5.32 Å². The minimum atomic E-state index is -0.195. The third-order valence-corrected chi connectivity index (χ3v) is 3.75. The fourth-order valence-corrected chi connectivity index (χ4v) is 2.27. The van der Waals surface area contributed by atoms with Crippen molar-refractivity contribution >= 4 is 15.9 Å². The molecule has 4 heteroatoms. The van der Waals surface area contributed by atoms with Gasteiger partial charge in [-0.1, -0.05) is 35.3 Å². The number of aliphatic hydroxyl groups excluding tert-OH is 1. The Hall–Kier alpha value is -0.450. The highest BCUT2D eigenvalue weighted by atomic mass is 79.9. The molecule has 0 spiro atoms. The van der Waals surface area contributed by atoms with E-state index >= 15 is 0 Å². The van der Waals surface area contributed by atoms with Gasteiger partial charge in [0.05, 0.1) is 0 Å². The van der Waals surface area contributed by atoms with Crippen LogP contribution in [0.15, 0.2) is 22.7 Å². The zero-order valence-corrected chi connectivity index (χ0v) is 12.5. The van der Waals surface area contributed by atoms with E-state index in [1.54, 1.807) is 6.07 Å². The maximum atomic E-state index is 13.7. The summed E-state index contributed by atoms with van der Waals surface area (Å²) in [5.41, 5.74) is 0.678. The predicted molar refractivity (Wildman–Crippen MR) is 76.0 cm³/mol. The van der Waals surface area contributed by atoms with Crippen LogP contribution in [0.5, 0.6) is 0 Å². The summed E-state index contributed by atoms with van der Waals surface area (Å²) in [5.74, 6) is 0.246. The maximum Gasteiger partial charge on any atom is 0.129 e. The predicted octanol–water partition coefficient (Wildman–Crippen LogP) is 3.65. The van der Waals surface area contributed by atoms with Crippen LogP contribution in [0.25, 0.3) is 0 Å². The molecule has 1 rings (SSSR count). The lowest BCUT2D eigenvalue weighted by atomic mass is 10.0. The van der Waals surface area contributed by atoms with Gasteiger partial charge in [0, 0.05) is 22.7 Å². The highest BCUT2D eigenvalue weighted by molar-refractivity contribution is 9.10. The van der Waals surface area contributed by atoms with Gasteiger partial charge in [-0.3, -0.25) is 0 Å². The van der Waals surface area contributed by atoms with Gasteiger partial charge in [-0.25, -0.2) is 4.39 Å². The average Bonchev–Trinajstić information content (AvgIpc) is 2.34. The molecule has 102 valence electrons. The van der Waals surface area contributed by atoms with E-state index in [0.29, 0.717) is 11.5 Å². The molecule has 1 aromatic rings. The Bertz CT molecular complexity index is 373. The molecular weight excluding hydrogens is 297 g/mol. The number of halogens is 2. The van der Waals surface area contributed by atoms with Crippen LogP contribution in [0, 0.1) is 11.7 Å². The van der Waals surface area contributed by atoms with Gasteiger partial charge in [0.2, 0.25) is 0 Å². The standard InChI is InChI=1S/C14H21BrFNO/c1-3-11(6-7-18)9-17-10(2)13-5-4-12(15)8-14(13)16/h4-5,8,10-11,17-18H,3,6-7,9H2,1-2H3. The van der Waals surface area contributed by atoms with Gasteiger partial charge < -0.3 is 10.4 Å². The molecule has 2 unspecified atom stereocenters. The van der Waals surface area contributed by atoms with Gasteiger partial charge in [0.15, 0.2) is 0 Å². The molecule has 0 saturated carbocycles. The Morgan fingerprint density at radius 1 is 1.44 bits per heavy atom. The molecule has 1 aromatic carbocycles. The fourth-order valence-electron chi connectivity index (χ4n) is 1.94. The van der Waals surface area contributed by atoms with Crippen LogP contribution in [0.4, 0.5) is 4.39 Å². The lowest BCUT2D eigenvalue weighted by molar-refractivity contribution is 0.249. The summed E-state index contributed by atoms with van der Waals surface area (Å²) in [7, 11) is 0. The van der Waals surface area contributed by atoms with Crippen LogP contribution in [-0.4, -0.2) is 18.3 Å². The molecule has 0 heterocycles. The molecule has 0 bridgehead atoms. The molecular formula is C14H21BrFNO. The first-order chi connectivity index (χ1) is 8.58. The van der Waals surface area contributed by atoms with Crippen molar-refractivity contribution in [3.8, 4) is 0 Å². The Balaban J connectivity index is 2.56. The van der Waals surface area contributed by atoms with Crippen molar-refractivity contribution in [2.75, 3.05) is 13.2 Å². The first-order valence-corrected chi connectivity index (χ1v) is 7.17. The van der Waals surface area contributed by atoms with E-state index in [4.69, 9.17) is 5.11 Å². The number of hydrogen-bond donors (Lipinski definition) is 2. The Kier molecular flexibility index (Phi) is 6.82. The van der Waals surface area contributed by atoms with Crippen LogP contribution < -0.4 is 5.32 Å². The van der Waals surface area contributed by atoms with Crippen molar-refractivity contribution in [2.24, 2.45) is 5.92 Å². The fraction of sp³-hybridized carbons (Fsp3) is 0.571. The molecule has 18 heavy (non-hydrogen) atoms. The van der Waals surface area contributed by atoms with Crippen LogP contribution >= 0.6 is 15.9 Å². The van der Waals surface area contributed by atoms with E-state index in [1.807, 2.05) is 13.0 Å². The third kappa shape index (κ3) is 4.67. The number of nitrogens with one attached hydrogen (secondary N) is 1.